The number of aromatic nitrogens is 2. The normalized spacial score (nSPS) is 10.5. The Balaban J connectivity index is 0.00000208. The molecule has 0 fully saturated rings. The van der Waals surface area contributed by atoms with Crippen molar-refractivity contribution in [2.75, 3.05) is 6.61 Å². The second-order valence-electron chi connectivity index (χ2n) is 5.32. The number of halogens is 1. The molecule has 0 aliphatic carbocycles. The molecule has 0 unspecified atom stereocenters. The fraction of sp³-hybridized carbons (Fsp3) is 0.150. The predicted molar refractivity (Wildman–Crippen MR) is 101 cm³/mol. The van der Waals surface area contributed by atoms with Gasteiger partial charge in [0.25, 0.3) is 0 Å². The third-order valence-electron chi connectivity index (χ3n) is 3.54. The molecule has 0 bridgehead atoms. The third kappa shape index (κ3) is 5.60. The summed E-state index contributed by atoms with van der Waals surface area (Å²) in [7, 11) is 0. The molecule has 0 radical (unpaired) electrons. The molecular formula is C20H21ClN2O. The van der Waals surface area contributed by atoms with Gasteiger partial charge in [0.1, 0.15) is 5.75 Å². The van der Waals surface area contributed by atoms with Crippen LogP contribution in [0.1, 0.15) is 17.5 Å². The SMILES string of the molecule is C(=C\c1ccc(OCCCn2ccnc2)cc1)/c1ccccc1.Cl. The summed E-state index contributed by atoms with van der Waals surface area (Å²) >= 11 is 0. The minimum absolute atomic E-state index is 0. The molecule has 24 heavy (non-hydrogen) atoms. The van der Waals surface area contributed by atoms with Crippen LogP contribution in [0.5, 0.6) is 5.75 Å². The van der Waals surface area contributed by atoms with E-state index in [0.717, 1.165) is 18.7 Å². The first-order valence-corrected chi connectivity index (χ1v) is 7.82. The van der Waals surface area contributed by atoms with E-state index in [1.807, 2.05) is 42.9 Å². The maximum atomic E-state index is 5.76. The fourth-order valence-corrected chi connectivity index (χ4v) is 2.29. The first-order chi connectivity index (χ1) is 11.4. The lowest BCUT2D eigenvalue weighted by Gasteiger charge is -2.06. The monoisotopic (exact) mass is 340 g/mol. The summed E-state index contributed by atoms with van der Waals surface area (Å²) in [6.07, 6.45) is 10.8. The molecule has 1 heterocycles. The number of hydrogen-bond donors (Lipinski definition) is 0. The largest absolute Gasteiger partial charge is 0.494 e. The maximum absolute atomic E-state index is 5.76. The van der Waals surface area contributed by atoms with E-state index in [4.69, 9.17) is 4.74 Å². The van der Waals surface area contributed by atoms with Crippen LogP contribution in [0, 0.1) is 0 Å². The van der Waals surface area contributed by atoms with E-state index in [1.54, 1.807) is 6.20 Å². The van der Waals surface area contributed by atoms with Crippen LogP contribution < -0.4 is 4.74 Å². The average Bonchev–Trinajstić information content (AvgIpc) is 3.12. The minimum Gasteiger partial charge on any atom is -0.494 e. The highest BCUT2D eigenvalue weighted by Crippen LogP contribution is 2.15. The van der Waals surface area contributed by atoms with Gasteiger partial charge in [0.15, 0.2) is 0 Å². The average molecular weight is 341 g/mol. The molecule has 0 saturated carbocycles. The van der Waals surface area contributed by atoms with Gasteiger partial charge >= 0.3 is 0 Å². The standard InChI is InChI=1S/C20H20N2O.ClH/c1-2-5-18(6-3-1)7-8-19-9-11-20(12-10-19)23-16-4-14-22-15-13-21-17-22;/h1-3,5-13,15,17H,4,14,16H2;1H/b8-7+;. The molecule has 0 aliphatic rings. The van der Waals surface area contributed by atoms with Gasteiger partial charge < -0.3 is 9.30 Å². The first-order valence-electron chi connectivity index (χ1n) is 7.82. The number of imidazole rings is 1. The summed E-state index contributed by atoms with van der Waals surface area (Å²) in [5.41, 5.74) is 2.37. The molecule has 0 spiro atoms. The van der Waals surface area contributed by atoms with E-state index in [9.17, 15) is 0 Å². The van der Waals surface area contributed by atoms with Crippen molar-refractivity contribution in [1.82, 2.24) is 9.55 Å². The van der Waals surface area contributed by atoms with Crippen molar-refractivity contribution < 1.29 is 4.74 Å². The Morgan fingerprint density at radius 1 is 0.917 bits per heavy atom. The van der Waals surface area contributed by atoms with E-state index in [1.165, 1.54) is 11.1 Å². The Labute approximate surface area is 149 Å². The van der Waals surface area contributed by atoms with Crippen LogP contribution in [0.2, 0.25) is 0 Å². The van der Waals surface area contributed by atoms with Crippen LogP contribution in [-0.2, 0) is 6.54 Å². The zero-order valence-corrected chi connectivity index (χ0v) is 14.2. The van der Waals surface area contributed by atoms with Crippen LogP contribution >= 0.6 is 12.4 Å². The lowest BCUT2D eigenvalue weighted by atomic mass is 10.1. The third-order valence-corrected chi connectivity index (χ3v) is 3.54. The molecule has 0 saturated heterocycles. The van der Waals surface area contributed by atoms with E-state index < -0.39 is 0 Å². The van der Waals surface area contributed by atoms with E-state index in [0.29, 0.717) is 6.61 Å². The molecule has 3 aromatic rings. The van der Waals surface area contributed by atoms with E-state index in [-0.39, 0.29) is 12.4 Å². The van der Waals surface area contributed by atoms with E-state index >= 15 is 0 Å². The van der Waals surface area contributed by atoms with Crippen molar-refractivity contribution in [1.29, 1.82) is 0 Å². The maximum Gasteiger partial charge on any atom is 0.119 e. The van der Waals surface area contributed by atoms with Gasteiger partial charge in [-0.05, 0) is 29.7 Å². The summed E-state index contributed by atoms with van der Waals surface area (Å²) in [6, 6.07) is 18.5. The van der Waals surface area contributed by atoms with Crippen LogP contribution in [-0.4, -0.2) is 16.2 Å². The van der Waals surface area contributed by atoms with Crippen LogP contribution in [0.3, 0.4) is 0 Å². The molecule has 0 aliphatic heterocycles. The lowest BCUT2D eigenvalue weighted by Crippen LogP contribution is -2.02. The van der Waals surface area contributed by atoms with Gasteiger partial charge in [0.2, 0.25) is 0 Å². The van der Waals surface area contributed by atoms with Gasteiger partial charge in [-0.2, -0.15) is 0 Å². The van der Waals surface area contributed by atoms with Crippen molar-refractivity contribution in [2.24, 2.45) is 0 Å². The van der Waals surface area contributed by atoms with E-state index in [2.05, 4.69) is 46.0 Å². The topological polar surface area (TPSA) is 27.1 Å². The highest BCUT2D eigenvalue weighted by molar-refractivity contribution is 5.85. The molecule has 124 valence electrons. The Morgan fingerprint density at radius 3 is 2.29 bits per heavy atom. The molecule has 4 heteroatoms. The van der Waals surface area contributed by atoms with Gasteiger partial charge in [0.05, 0.1) is 12.9 Å². The Bertz CT molecular complexity index is 722. The van der Waals surface area contributed by atoms with Crippen molar-refractivity contribution >= 4 is 24.6 Å². The van der Waals surface area contributed by atoms with Crippen molar-refractivity contribution in [2.45, 2.75) is 13.0 Å². The Kier molecular flexibility index (Phi) is 7.12. The predicted octanol–water partition coefficient (Wildman–Crippen LogP) is 4.94. The number of nitrogens with zero attached hydrogens (tertiary/aromatic N) is 2. The van der Waals surface area contributed by atoms with Crippen LogP contribution in [0.25, 0.3) is 12.2 Å². The van der Waals surface area contributed by atoms with Crippen molar-refractivity contribution in [3.8, 4) is 5.75 Å². The molecule has 3 rings (SSSR count). The van der Waals surface area contributed by atoms with Gasteiger partial charge in [-0.15, -0.1) is 12.4 Å². The van der Waals surface area contributed by atoms with Crippen molar-refractivity contribution in [3.63, 3.8) is 0 Å². The molecule has 1 aromatic heterocycles. The smallest absolute Gasteiger partial charge is 0.119 e. The van der Waals surface area contributed by atoms with Gasteiger partial charge in [0, 0.05) is 18.9 Å². The van der Waals surface area contributed by atoms with Gasteiger partial charge in [-0.3, -0.25) is 0 Å². The molecular weight excluding hydrogens is 320 g/mol. The van der Waals surface area contributed by atoms with Crippen LogP contribution in [0.15, 0.2) is 73.3 Å². The van der Waals surface area contributed by atoms with Crippen molar-refractivity contribution in [3.05, 3.63) is 84.4 Å². The summed E-state index contributed by atoms with van der Waals surface area (Å²) in [5.74, 6) is 0.910. The number of ether oxygens (including phenoxy) is 1. The highest BCUT2D eigenvalue weighted by atomic mass is 35.5. The lowest BCUT2D eigenvalue weighted by molar-refractivity contribution is 0.302. The zero-order chi connectivity index (χ0) is 15.7. The highest BCUT2D eigenvalue weighted by Gasteiger charge is 1.95. The summed E-state index contributed by atoms with van der Waals surface area (Å²) in [6.45, 7) is 1.63. The quantitative estimate of drug-likeness (QED) is 0.449. The Hall–Kier alpha value is -2.52. The number of rotatable bonds is 7. The molecule has 2 aromatic carbocycles. The second kappa shape index (κ2) is 9.58. The summed E-state index contributed by atoms with van der Waals surface area (Å²) in [5, 5.41) is 0. The summed E-state index contributed by atoms with van der Waals surface area (Å²) < 4.78 is 7.82. The molecule has 0 N–H and O–H groups in total. The zero-order valence-electron chi connectivity index (χ0n) is 13.4. The van der Waals surface area contributed by atoms with Gasteiger partial charge in [-0.1, -0.05) is 54.6 Å². The number of hydrogen-bond acceptors (Lipinski definition) is 2. The van der Waals surface area contributed by atoms with Crippen LogP contribution in [0.4, 0.5) is 0 Å². The molecule has 3 nitrogen and oxygen atoms in total. The summed E-state index contributed by atoms with van der Waals surface area (Å²) in [4.78, 5) is 4.02. The number of benzene rings is 2. The fourth-order valence-electron chi connectivity index (χ4n) is 2.29. The van der Waals surface area contributed by atoms with Gasteiger partial charge in [-0.25, -0.2) is 4.98 Å². The molecule has 0 atom stereocenters. The minimum atomic E-state index is 0. The Morgan fingerprint density at radius 2 is 1.62 bits per heavy atom. The molecule has 0 amide bonds. The number of aryl methyl sites for hydroxylation is 1. The first kappa shape index (κ1) is 17.8. The second-order valence-corrected chi connectivity index (χ2v) is 5.32.